The summed E-state index contributed by atoms with van der Waals surface area (Å²) in [6.45, 7) is 5.67. The zero-order valence-corrected chi connectivity index (χ0v) is 10.3. The molecule has 0 radical (unpaired) electrons. The van der Waals surface area contributed by atoms with Crippen molar-refractivity contribution >= 4 is 9.84 Å². The molecule has 0 aliphatic carbocycles. The second-order valence-corrected chi connectivity index (χ2v) is 7.17. The van der Waals surface area contributed by atoms with E-state index in [0.717, 1.165) is 25.9 Å². The Kier molecular flexibility index (Phi) is 4.55. The van der Waals surface area contributed by atoms with Gasteiger partial charge in [-0.1, -0.05) is 0 Å². The number of likely N-dealkylation sites (tertiary alicyclic amines) is 1. The highest BCUT2D eigenvalue weighted by Gasteiger charge is 2.21. The Bertz CT molecular complexity index is 279. The summed E-state index contributed by atoms with van der Waals surface area (Å²) in [4.78, 5) is 2.12. The molecule has 1 fully saturated rings. The molecule has 0 aromatic carbocycles. The Labute approximate surface area is 92.2 Å². The average molecular weight is 235 g/mol. The maximum atomic E-state index is 11.6. The molecule has 0 aromatic heterocycles. The molecule has 1 N–H and O–H groups in total. The van der Waals surface area contributed by atoms with Crippen LogP contribution >= 0.6 is 0 Å². The van der Waals surface area contributed by atoms with E-state index in [4.69, 9.17) is 0 Å². The molecular weight excluding hydrogens is 214 g/mol. The molecule has 1 heterocycles. The molecule has 1 rings (SSSR count). The van der Waals surface area contributed by atoms with E-state index in [9.17, 15) is 13.5 Å². The third-order valence-electron chi connectivity index (χ3n) is 2.97. The van der Waals surface area contributed by atoms with Crippen molar-refractivity contribution in [1.82, 2.24) is 4.90 Å². The zero-order chi connectivity index (χ0) is 11.5. The minimum atomic E-state index is -2.92. The monoisotopic (exact) mass is 235 g/mol. The number of aliphatic hydroxyl groups excluding tert-OH is 1. The van der Waals surface area contributed by atoms with E-state index in [2.05, 4.69) is 4.90 Å². The van der Waals surface area contributed by atoms with Gasteiger partial charge in [-0.2, -0.15) is 0 Å². The summed E-state index contributed by atoms with van der Waals surface area (Å²) >= 11 is 0. The highest BCUT2D eigenvalue weighted by molar-refractivity contribution is 7.92. The first kappa shape index (κ1) is 12.9. The van der Waals surface area contributed by atoms with Crippen LogP contribution in [0.4, 0.5) is 0 Å². The Morgan fingerprint density at radius 2 is 1.87 bits per heavy atom. The number of piperidine rings is 1. The zero-order valence-electron chi connectivity index (χ0n) is 9.52. The van der Waals surface area contributed by atoms with Gasteiger partial charge in [0, 0.05) is 19.6 Å². The first-order chi connectivity index (χ1) is 6.92. The van der Waals surface area contributed by atoms with Gasteiger partial charge in [-0.15, -0.1) is 0 Å². The lowest BCUT2D eigenvalue weighted by atomic mass is 10.1. The van der Waals surface area contributed by atoms with E-state index in [-0.39, 0.29) is 17.1 Å². The van der Waals surface area contributed by atoms with Crippen LogP contribution in [0, 0.1) is 0 Å². The molecule has 1 aliphatic heterocycles. The summed E-state index contributed by atoms with van der Waals surface area (Å²) in [5.74, 6) is 0.237. The average Bonchev–Trinajstić information content (AvgIpc) is 2.17. The normalized spacial score (nSPS) is 21.1. The van der Waals surface area contributed by atoms with Crippen LogP contribution in [0.1, 0.15) is 26.7 Å². The van der Waals surface area contributed by atoms with E-state index in [1.165, 1.54) is 0 Å². The minimum Gasteiger partial charge on any atom is -0.393 e. The lowest BCUT2D eigenvalue weighted by Crippen LogP contribution is -2.39. The summed E-state index contributed by atoms with van der Waals surface area (Å²) in [5.41, 5.74) is 0. The molecule has 0 unspecified atom stereocenters. The molecule has 0 amide bonds. The van der Waals surface area contributed by atoms with E-state index in [0.29, 0.717) is 6.54 Å². The molecular formula is C10H21NO3S. The van der Waals surface area contributed by atoms with Gasteiger partial charge in [-0.3, -0.25) is 0 Å². The van der Waals surface area contributed by atoms with Crippen LogP contribution in [-0.4, -0.2) is 55.2 Å². The van der Waals surface area contributed by atoms with Gasteiger partial charge in [-0.05, 0) is 26.7 Å². The lowest BCUT2D eigenvalue weighted by Gasteiger charge is -2.29. The topological polar surface area (TPSA) is 57.6 Å². The Hall–Kier alpha value is -0.130. The third-order valence-corrected chi connectivity index (χ3v) is 5.16. The van der Waals surface area contributed by atoms with Crippen molar-refractivity contribution in [2.75, 3.05) is 25.4 Å². The Balaban J connectivity index is 2.32. The molecule has 0 bridgehead atoms. The van der Waals surface area contributed by atoms with E-state index in [1.807, 2.05) is 0 Å². The third kappa shape index (κ3) is 4.09. The molecule has 0 aromatic rings. The van der Waals surface area contributed by atoms with E-state index >= 15 is 0 Å². The first-order valence-electron chi connectivity index (χ1n) is 5.54. The second kappa shape index (κ2) is 5.27. The van der Waals surface area contributed by atoms with E-state index < -0.39 is 9.84 Å². The predicted octanol–water partition coefficient (Wildman–Crippen LogP) is 0.266. The summed E-state index contributed by atoms with van der Waals surface area (Å²) in [6, 6.07) is 0. The van der Waals surface area contributed by atoms with Gasteiger partial charge < -0.3 is 10.0 Å². The van der Waals surface area contributed by atoms with Crippen molar-refractivity contribution in [3.05, 3.63) is 0 Å². The molecule has 1 saturated heterocycles. The van der Waals surface area contributed by atoms with Crippen LogP contribution in [0.5, 0.6) is 0 Å². The van der Waals surface area contributed by atoms with Crippen molar-refractivity contribution in [2.24, 2.45) is 0 Å². The predicted molar refractivity (Wildman–Crippen MR) is 60.6 cm³/mol. The number of hydrogen-bond donors (Lipinski definition) is 1. The van der Waals surface area contributed by atoms with Crippen molar-refractivity contribution in [1.29, 1.82) is 0 Å². The Morgan fingerprint density at radius 1 is 1.33 bits per heavy atom. The van der Waals surface area contributed by atoms with Crippen molar-refractivity contribution in [3.8, 4) is 0 Å². The van der Waals surface area contributed by atoms with Crippen molar-refractivity contribution < 1.29 is 13.5 Å². The van der Waals surface area contributed by atoms with Crippen molar-refractivity contribution in [2.45, 2.75) is 38.0 Å². The quantitative estimate of drug-likeness (QED) is 0.760. The van der Waals surface area contributed by atoms with Crippen LogP contribution in [-0.2, 0) is 9.84 Å². The highest BCUT2D eigenvalue weighted by atomic mass is 32.2. The molecule has 1 aliphatic rings. The van der Waals surface area contributed by atoms with Gasteiger partial charge in [0.15, 0.2) is 9.84 Å². The summed E-state index contributed by atoms with van der Waals surface area (Å²) in [5, 5.41) is 9.01. The number of hydrogen-bond acceptors (Lipinski definition) is 4. The lowest BCUT2D eigenvalue weighted by molar-refractivity contribution is 0.0855. The second-order valence-electron chi connectivity index (χ2n) is 4.49. The maximum absolute atomic E-state index is 11.6. The molecule has 0 spiro atoms. The van der Waals surface area contributed by atoms with Gasteiger partial charge >= 0.3 is 0 Å². The first-order valence-corrected chi connectivity index (χ1v) is 7.25. The maximum Gasteiger partial charge on any atom is 0.153 e. The van der Waals surface area contributed by atoms with E-state index in [1.54, 1.807) is 13.8 Å². The number of aliphatic hydroxyl groups is 1. The fraction of sp³-hybridized carbons (Fsp3) is 1.00. The van der Waals surface area contributed by atoms with Gasteiger partial charge in [0.1, 0.15) is 0 Å². The van der Waals surface area contributed by atoms with Gasteiger partial charge in [-0.25, -0.2) is 8.42 Å². The van der Waals surface area contributed by atoms with Crippen LogP contribution in [0.15, 0.2) is 0 Å². The fourth-order valence-corrected chi connectivity index (χ4v) is 2.62. The number of nitrogens with zero attached hydrogens (tertiary/aromatic N) is 1. The Morgan fingerprint density at radius 3 is 2.33 bits per heavy atom. The van der Waals surface area contributed by atoms with Crippen LogP contribution in [0.2, 0.25) is 0 Å². The largest absolute Gasteiger partial charge is 0.393 e. The molecule has 5 heteroatoms. The van der Waals surface area contributed by atoms with Gasteiger partial charge in [0.05, 0.1) is 17.1 Å². The van der Waals surface area contributed by atoms with Crippen molar-refractivity contribution in [3.63, 3.8) is 0 Å². The molecule has 4 nitrogen and oxygen atoms in total. The van der Waals surface area contributed by atoms with Crippen LogP contribution in [0.3, 0.4) is 0 Å². The van der Waals surface area contributed by atoms with Crippen LogP contribution in [0.25, 0.3) is 0 Å². The fourth-order valence-electron chi connectivity index (χ4n) is 1.63. The minimum absolute atomic E-state index is 0.192. The van der Waals surface area contributed by atoms with Crippen LogP contribution < -0.4 is 0 Å². The number of sulfone groups is 1. The van der Waals surface area contributed by atoms with Gasteiger partial charge in [0.2, 0.25) is 0 Å². The van der Waals surface area contributed by atoms with Gasteiger partial charge in [0.25, 0.3) is 0 Å². The molecule has 15 heavy (non-hydrogen) atoms. The summed E-state index contributed by atoms with van der Waals surface area (Å²) in [7, 11) is -2.92. The smallest absolute Gasteiger partial charge is 0.153 e. The SMILES string of the molecule is CC(C)S(=O)(=O)CCN1CCC(O)CC1. The molecule has 90 valence electrons. The molecule has 0 saturated carbocycles. The molecule has 0 atom stereocenters. The highest BCUT2D eigenvalue weighted by Crippen LogP contribution is 2.10. The summed E-state index contributed by atoms with van der Waals surface area (Å²) < 4.78 is 23.1. The summed E-state index contributed by atoms with van der Waals surface area (Å²) in [6.07, 6.45) is 1.34. The standard InChI is InChI=1S/C10H21NO3S/c1-9(2)15(13,14)8-7-11-5-3-10(12)4-6-11/h9-10,12H,3-8H2,1-2H3. The number of rotatable bonds is 4.